The number of rotatable bonds is 2. The molecule has 6 heteroatoms. The molecule has 0 unspecified atom stereocenters. The molecule has 98 valence electrons. The van der Waals surface area contributed by atoms with E-state index in [9.17, 15) is 9.90 Å². The number of hydrogen-bond acceptors (Lipinski definition) is 3. The van der Waals surface area contributed by atoms with Gasteiger partial charge in [0, 0.05) is 5.54 Å². The van der Waals surface area contributed by atoms with Crippen molar-refractivity contribution in [2.45, 2.75) is 26.3 Å². The highest BCUT2D eigenvalue weighted by molar-refractivity contribution is 7.80. The Balaban J connectivity index is 2.87. The average molecular weight is 268 g/mol. The number of phenols is 1. The van der Waals surface area contributed by atoms with Crippen LogP contribution < -0.4 is 10.6 Å². The largest absolute Gasteiger partial charge is 0.506 e. The second-order valence-electron chi connectivity index (χ2n) is 4.87. The van der Waals surface area contributed by atoms with Gasteiger partial charge in [-0.1, -0.05) is 0 Å². The van der Waals surface area contributed by atoms with Crippen LogP contribution in [0, 0.1) is 0 Å². The minimum Gasteiger partial charge on any atom is -0.506 e. The smallest absolute Gasteiger partial charge is 0.335 e. The van der Waals surface area contributed by atoms with E-state index in [1.54, 1.807) is 0 Å². The van der Waals surface area contributed by atoms with Gasteiger partial charge >= 0.3 is 5.97 Å². The molecule has 5 nitrogen and oxygen atoms in total. The lowest BCUT2D eigenvalue weighted by Gasteiger charge is -2.23. The predicted octanol–water partition coefficient (Wildman–Crippen LogP) is 2.18. The summed E-state index contributed by atoms with van der Waals surface area (Å²) in [5, 5.41) is 24.6. The third-order valence-corrected chi connectivity index (χ3v) is 2.18. The van der Waals surface area contributed by atoms with Gasteiger partial charge in [0.15, 0.2) is 5.11 Å². The monoisotopic (exact) mass is 268 g/mol. The third kappa shape index (κ3) is 4.21. The van der Waals surface area contributed by atoms with Gasteiger partial charge in [-0.25, -0.2) is 4.79 Å². The van der Waals surface area contributed by atoms with Crippen LogP contribution in [0.4, 0.5) is 5.69 Å². The average Bonchev–Trinajstić information content (AvgIpc) is 2.18. The molecular formula is C12H16N2O3S. The number of aromatic carboxylic acids is 1. The second kappa shape index (κ2) is 5.22. The topological polar surface area (TPSA) is 81.6 Å². The van der Waals surface area contributed by atoms with E-state index in [2.05, 4.69) is 10.6 Å². The molecule has 0 aliphatic heterocycles. The Bertz CT molecular complexity index is 481. The standard InChI is InChI=1S/C12H16N2O3S/c1-12(2,3)14-11(18)13-8-6-7(10(16)17)4-5-9(8)15/h4-6,15H,1-3H3,(H,16,17)(H2,13,14,18). The highest BCUT2D eigenvalue weighted by atomic mass is 32.1. The maximum atomic E-state index is 10.8. The zero-order chi connectivity index (χ0) is 13.9. The van der Waals surface area contributed by atoms with E-state index in [-0.39, 0.29) is 22.5 Å². The number of nitrogens with one attached hydrogen (secondary N) is 2. The van der Waals surface area contributed by atoms with E-state index < -0.39 is 5.97 Å². The van der Waals surface area contributed by atoms with Gasteiger partial charge in [-0.2, -0.15) is 0 Å². The van der Waals surface area contributed by atoms with Crippen LogP contribution in [0.15, 0.2) is 18.2 Å². The summed E-state index contributed by atoms with van der Waals surface area (Å²) in [5.74, 6) is -1.12. The van der Waals surface area contributed by atoms with E-state index in [4.69, 9.17) is 17.3 Å². The number of carbonyl (C=O) groups is 1. The van der Waals surface area contributed by atoms with Gasteiger partial charge in [0.05, 0.1) is 11.3 Å². The number of aromatic hydroxyl groups is 1. The molecule has 0 aliphatic carbocycles. The molecule has 0 aliphatic rings. The van der Waals surface area contributed by atoms with Crippen molar-refractivity contribution >= 4 is 29.0 Å². The van der Waals surface area contributed by atoms with Gasteiger partial charge < -0.3 is 20.8 Å². The van der Waals surface area contributed by atoms with Crippen LogP contribution in [0.2, 0.25) is 0 Å². The number of hydrogen-bond donors (Lipinski definition) is 4. The van der Waals surface area contributed by atoms with Crippen molar-refractivity contribution in [1.29, 1.82) is 0 Å². The lowest BCUT2D eigenvalue weighted by molar-refractivity contribution is 0.0697. The van der Waals surface area contributed by atoms with Crippen LogP contribution in [-0.2, 0) is 0 Å². The predicted molar refractivity (Wildman–Crippen MR) is 74.2 cm³/mol. The summed E-state index contributed by atoms with van der Waals surface area (Å²) in [4.78, 5) is 10.8. The molecule has 0 saturated heterocycles. The van der Waals surface area contributed by atoms with Crippen molar-refractivity contribution in [3.8, 4) is 5.75 Å². The molecule has 0 amide bonds. The van der Waals surface area contributed by atoms with Crippen molar-refractivity contribution in [2.24, 2.45) is 0 Å². The van der Waals surface area contributed by atoms with E-state index in [0.29, 0.717) is 5.11 Å². The Morgan fingerprint density at radius 2 is 1.94 bits per heavy atom. The maximum absolute atomic E-state index is 10.8. The fraction of sp³-hybridized carbons (Fsp3) is 0.333. The van der Waals surface area contributed by atoms with Crippen LogP contribution in [0.25, 0.3) is 0 Å². The van der Waals surface area contributed by atoms with Gasteiger partial charge in [-0.05, 0) is 51.2 Å². The minimum absolute atomic E-state index is 0.0574. The first-order valence-corrected chi connectivity index (χ1v) is 5.75. The quantitative estimate of drug-likeness (QED) is 0.486. The maximum Gasteiger partial charge on any atom is 0.335 e. The van der Waals surface area contributed by atoms with E-state index >= 15 is 0 Å². The molecule has 0 aromatic heterocycles. The van der Waals surface area contributed by atoms with Crippen LogP contribution in [0.1, 0.15) is 31.1 Å². The normalized spacial score (nSPS) is 10.8. The zero-order valence-electron chi connectivity index (χ0n) is 10.4. The van der Waals surface area contributed by atoms with Gasteiger partial charge in [0.1, 0.15) is 5.75 Å². The van der Waals surface area contributed by atoms with Crippen molar-refractivity contribution in [3.63, 3.8) is 0 Å². The molecule has 1 rings (SSSR count). The van der Waals surface area contributed by atoms with Crippen LogP contribution in [0.3, 0.4) is 0 Å². The summed E-state index contributed by atoms with van der Waals surface area (Å²) in [7, 11) is 0. The number of carboxylic acid groups (broad SMARTS) is 1. The Hall–Kier alpha value is -1.82. The summed E-state index contributed by atoms with van der Waals surface area (Å²) in [6.07, 6.45) is 0. The molecule has 0 fully saturated rings. The summed E-state index contributed by atoms with van der Waals surface area (Å²) in [6, 6.07) is 3.96. The summed E-state index contributed by atoms with van der Waals surface area (Å²) in [5.41, 5.74) is 0.120. The van der Waals surface area contributed by atoms with Crippen LogP contribution >= 0.6 is 12.2 Å². The fourth-order valence-corrected chi connectivity index (χ4v) is 1.68. The van der Waals surface area contributed by atoms with Gasteiger partial charge in [-0.15, -0.1) is 0 Å². The second-order valence-corrected chi connectivity index (χ2v) is 5.27. The Morgan fingerprint density at radius 1 is 1.33 bits per heavy atom. The van der Waals surface area contributed by atoms with Crippen LogP contribution in [0.5, 0.6) is 5.75 Å². The van der Waals surface area contributed by atoms with Crippen molar-refractivity contribution in [1.82, 2.24) is 5.32 Å². The first-order valence-electron chi connectivity index (χ1n) is 5.34. The SMILES string of the molecule is CC(C)(C)NC(=S)Nc1cc(C(=O)O)ccc1O. The Morgan fingerprint density at radius 3 is 2.44 bits per heavy atom. The first-order chi connectivity index (χ1) is 8.19. The molecule has 0 atom stereocenters. The lowest BCUT2D eigenvalue weighted by Crippen LogP contribution is -2.42. The molecular weight excluding hydrogens is 252 g/mol. The van der Waals surface area contributed by atoms with E-state index in [1.165, 1.54) is 18.2 Å². The summed E-state index contributed by atoms with van der Waals surface area (Å²) < 4.78 is 0. The molecule has 18 heavy (non-hydrogen) atoms. The Kier molecular flexibility index (Phi) is 4.13. The number of phenolic OH excluding ortho intramolecular Hbond substituents is 1. The Labute approximate surface area is 111 Å². The highest BCUT2D eigenvalue weighted by Crippen LogP contribution is 2.24. The molecule has 0 radical (unpaired) electrons. The van der Waals surface area contributed by atoms with Crippen LogP contribution in [-0.4, -0.2) is 26.8 Å². The molecule has 1 aromatic rings. The van der Waals surface area contributed by atoms with Crippen molar-refractivity contribution < 1.29 is 15.0 Å². The third-order valence-electron chi connectivity index (χ3n) is 1.98. The lowest BCUT2D eigenvalue weighted by atomic mass is 10.1. The summed E-state index contributed by atoms with van der Waals surface area (Å²) in [6.45, 7) is 5.82. The highest BCUT2D eigenvalue weighted by Gasteiger charge is 2.13. The number of anilines is 1. The zero-order valence-corrected chi connectivity index (χ0v) is 11.3. The molecule has 0 heterocycles. The fourth-order valence-electron chi connectivity index (χ4n) is 1.26. The van der Waals surface area contributed by atoms with Gasteiger partial charge in [0.2, 0.25) is 0 Å². The minimum atomic E-state index is -1.06. The molecule has 0 spiro atoms. The number of carboxylic acids is 1. The van der Waals surface area contributed by atoms with Gasteiger partial charge in [-0.3, -0.25) is 0 Å². The first kappa shape index (κ1) is 14.2. The molecule has 4 N–H and O–H groups in total. The molecule has 1 aromatic carbocycles. The van der Waals surface area contributed by atoms with E-state index in [1.807, 2.05) is 20.8 Å². The number of thiocarbonyl (C=S) groups is 1. The van der Waals surface area contributed by atoms with E-state index in [0.717, 1.165) is 0 Å². The van der Waals surface area contributed by atoms with Gasteiger partial charge in [0.25, 0.3) is 0 Å². The molecule has 0 bridgehead atoms. The number of benzene rings is 1. The summed E-state index contributed by atoms with van der Waals surface area (Å²) >= 11 is 5.07. The van der Waals surface area contributed by atoms with Crippen molar-refractivity contribution in [2.75, 3.05) is 5.32 Å². The molecule has 0 saturated carbocycles. The van der Waals surface area contributed by atoms with Crippen molar-refractivity contribution in [3.05, 3.63) is 23.8 Å².